The van der Waals surface area contributed by atoms with Crippen LogP contribution < -0.4 is 0 Å². The topological polar surface area (TPSA) is 28.5 Å². The highest BCUT2D eigenvalue weighted by Crippen LogP contribution is 2.31. The first kappa shape index (κ1) is 17.4. The number of pyridine rings is 1. The molecule has 3 heterocycles. The number of hydrogen-bond donors (Lipinski definition) is 0. The zero-order chi connectivity index (χ0) is 17.8. The lowest BCUT2D eigenvalue weighted by Gasteiger charge is -2.33. The van der Waals surface area contributed by atoms with Crippen molar-refractivity contribution in [1.82, 2.24) is 9.88 Å². The lowest BCUT2D eigenvalue weighted by molar-refractivity contribution is 0.190. The summed E-state index contributed by atoms with van der Waals surface area (Å²) in [5, 5.41) is 0.770. The summed E-state index contributed by atoms with van der Waals surface area (Å²) < 4.78 is 0. The molecular formula is C22H24ClN3. The summed E-state index contributed by atoms with van der Waals surface area (Å²) in [5.74, 6) is 0.667. The Morgan fingerprint density at radius 3 is 2.65 bits per heavy atom. The number of piperidine rings is 1. The predicted molar refractivity (Wildman–Crippen MR) is 108 cm³/mol. The van der Waals surface area contributed by atoms with Gasteiger partial charge in [-0.05, 0) is 66.6 Å². The highest BCUT2D eigenvalue weighted by molar-refractivity contribution is 6.31. The van der Waals surface area contributed by atoms with E-state index in [2.05, 4.69) is 51.4 Å². The van der Waals surface area contributed by atoms with E-state index < -0.39 is 0 Å². The van der Waals surface area contributed by atoms with Crippen molar-refractivity contribution in [3.05, 3.63) is 76.1 Å². The number of rotatable bonds is 5. The Labute approximate surface area is 160 Å². The highest BCUT2D eigenvalue weighted by Gasteiger charge is 2.25. The van der Waals surface area contributed by atoms with Crippen LogP contribution in [0.25, 0.3) is 0 Å². The van der Waals surface area contributed by atoms with Crippen LogP contribution in [0.4, 0.5) is 0 Å². The third kappa shape index (κ3) is 4.05. The maximum absolute atomic E-state index is 6.26. The van der Waals surface area contributed by atoms with E-state index in [9.17, 15) is 0 Å². The summed E-state index contributed by atoms with van der Waals surface area (Å²) in [6, 6.07) is 12.7. The molecule has 0 saturated carbocycles. The average molecular weight is 366 g/mol. The summed E-state index contributed by atoms with van der Waals surface area (Å²) in [5.41, 5.74) is 5.55. The molecule has 1 saturated heterocycles. The van der Waals surface area contributed by atoms with Crippen molar-refractivity contribution in [3.63, 3.8) is 0 Å². The summed E-state index contributed by atoms with van der Waals surface area (Å²) in [6.07, 6.45) is 9.09. The second kappa shape index (κ2) is 8.15. The SMILES string of the molecule is Clc1cnccc1CN1CCC(C2=C(Cc3ccccc3)C=NC2)CC1. The van der Waals surface area contributed by atoms with Crippen molar-refractivity contribution in [2.45, 2.75) is 25.8 Å². The Morgan fingerprint density at radius 2 is 1.88 bits per heavy atom. The smallest absolute Gasteiger partial charge is 0.0634 e. The van der Waals surface area contributed by atoms with Gasteiger partial charge in [0.25, 0.3) is 0 Å². The average Bonchev–Trinajstić information content (AvgIpc) is 3.13. The number of nitrogens with zero attached hydrogens (tertiary/aromatic N) is 3. The van der Waals surface area contributed by atoms with Gasteiger partial charge in [0.2, 0.25) is 0 Å². The molecule has 1 aromatic carbocycles. The van der Waals surface area contributed by atoms with Gasteiger partial charge in [0.05, 0.1) is 11.6 Å². The predicted octanol–water partition coefficient (Wildman–Crippen LogP) is 4.57. The molecule has 1 fully saturated rings. The van der Waals surface area contributed by atoms with E-state index in [1.165, 1.54) is 29.5 Å². The van der Waals surface area contributed by atoms with E-state index >= 15 is 0 Å². The van der Waals surface area contributed by atoms with Crippen LogP contribution in [0.15, 0.2) is 64.9 Å². The Hall–Kier alpha value is -1.97. The normalized spacial score (nSPS) is 18.7. The molecule has 1 aromatic heterocycles. The summed E-state index contributed by atoms with van der Waals surface area (Å²) in [7, 11) is 0. The van der Waals surface area contributed by atoms with E-state index in [1.807, 2.05) is 12.3 Å². The second-order valence-corrected chi connectivity index (χ2v) is 7.61. The first-order valence-corrected chi connectivity index (χ1v) is 9.74. The molecule has 2 aromatic rings. The molecule has 0 unspecified atom stereocenters. The quantitative estimate of drug-likeness (QED) is 0.776. The summed E-state index contributed by atoms with van der Waals surface area (Å²) >= 11 is 6.26. The van der Waals surface area contributed by atoms with E-state index in [1.54, 1.807) is 11.8 Å². The van der Waals surface area contributed by atoms with Gasteiger partial charge in [0.1, 0.15) is 0 Å². The van der Waals surface area contributed by atoms with Crippen LogP contribution in [0.3, 0.4) is 0 Å². The Morgan fingerprint density at radius 1 is 1.08 bits per heavy atom. The van der Waals surface area contributed by atoms with Crippen molar-refractivity contribution in [2.75, 3.05) is 19.6 Å². The zero-order valence-corrected chi connectivity index (χ0v) is 15.7. The van der Waals surface area contributed by atoms with Crippen molar-refractivity contribution < 1.29 is 0 Å². The number of halogens is 1. The van der Waals surface area contributed by atoms with Gasteiger partial charge in [0.15, 0.2) is 0 Å². The lowest BCUT2D eigenvalue weighted by atomic mass is 9.85. The fraction of sp³-hybridized carbons (Fsp3) is 0.364. The first-order valence-electron chi connectivity index (χ1n) is 9.36. The molecule has 2 aliphatic rings. The molecule has 0 bridgehead atoms. The third-order valence-electron chi connectivity index (χ3n) is 5.49. The van der Waals surface area contributed by atoms with Crippen LogP contribution in [-0.4, -0.2) is 35.7 Å². The van der Waals surface area contributed by atoms with Crippen LogP contribution in [-0.2, 0) is 13.0 Å². The highest BCUT2D eigenvalue weighted by atomic mass is 35.5. The molecule has 3 nitrogen and oxygen atoms in total. The molecule has 2 aliphatic heterocycles. The number of aliphatic imine (C=N–C) groups is 1. The van der Waals surface area contributed by atoms with Crippen molar-refractivity contribution >= 4 is 17.8 Å². The Balaban J connectivity index is 1.38. The molecule has 0 amide bonds. The Bertz CT molecular complexity index is 805. The maximum atomic E-state index is 6.26. The molecule has 4 rings (SSSR count). The van der Waals surface area contributed by atoms with Gasteiger partial charge in [-0.3, -0.25) is 14.9 Å². The van der Waals surface area contributed by atoms with Crippen LogP contribution in [0.1, 0.15) is 24.0 Å². The lowest BCUT2D eigenvalue weighted by Crippen LogP contribution is -2.34. The van der Waals surface area contributed by atoms with E-state index in [-0.39, 0.29) is 0 Å². The van der Waals surface area contributed by atoms with Gasteiger partial charge in [0, 0.05) is 25.2 Å². The van der Waals surface area contributed by atoms with E-state index in [4.69, 9.17) is 11.6 Å². The molecule has 26 heavy (non-hydrogen) atoms. The number of allylic oxidation sites excluding steroid dienone is 1. The summed E-state index contributed by atoms with van der Waals surface area (Å²) in [4.78, 5) is 11.2. The van der Waals surface area contributed by atoms with Gasteiger partial charge in [-0.15, -0.1) is 0 Å². The van der Waals surface area contributed by atoms with Gasteiger partial charge >= 0.3 is 0 Å². The van der Waals surface area contributed by atoms with Crippen LogP contribution in [0.2, 0.25) is 5.02 Å². The third-order valence-corrected chi connectivity index (χ3v) is 5.83. The molecule has 0 atom stereocenters. The van der Waals surface area contributed by atoms with Gasteiger partial charge in [-0.25, -0.2) is 0 Å². The van der Waals surface area contributed by atoms with Crippen molar-refractivity contribution in [2.24, 2.45) is 10.9 Å². The number of benzene rings is 1. The minimum absolute atomic E-state index is 0.667. The molecule has 4 heteroatoms. The van der Waals surface area contributed by atoms with Crippen LogP contribution >= 0.6 is 11.6 Å². The monoisotopic (exact) mass is 365 g/mol. The minimum atomic E-state index is 0.667. The molecule has 0 spiro atoms. The molecule has 0 aliphatic carbocycles. The minimum Gasteiger partial charge on any atom is -0.299 e. The molecule has 0 N–H and O–H groups in total. The number of hydrogen-bond acceptors (Lipinski definition) is 3. The van der Waals surface area contributed by atoms with Crippen LogP contribution in [0.5, 0.6) is 0 Å². The zero-order valence-electron chi connectivity index (χ0n) is 14.9. The van der Waals surface area contributed by atoms with Gasteiger partial charge in [-0.2, -0.15) is 0 Å². The fourth-order valence-corrected chi connectivity index (χ4v) is 4.20. The largest absolute Gasteiger partial charge is 0.299 e. The summed E-state index contributed by atoms with van der Waals surface area (Å²) in [6.45, 7) is 4.04. The van der Waals surface area contributed by atoms with E-state index in [0.717, 1.165) is 37.6 Å². The molecule has 134 valence electrons. The van der Waals surface area contributed by atoms with Crippen molar-refractivity contribution in [3.8, 4) is 0 Å². The molecular weight excluding hydrogens is 342 g/mol. The second-order valence-electron chi connectivity index (χ2n) is 7.20. The van der Waals surface area contributed by atoms with Crippen LogP contribution in [0, 0.1) is 5.92 Å². The van der Waals surface area contributed by atoms with Gasteiger partial charge in [-0.1, -0.05) is 41.9 Å². The number of aromatic nitrogens is 1. The first-order chi connectivity index (χ1) is 12.8. The maximum Gasteiger partial charge on any atom is 0.0634 e. The standard InChI is InChI=1S/C22H24ClN3/c23-22-15-24-9-6-19(22)16-26-10-7-18(8-11-26)21-14-25-13-20(21)12-17-4-2-1-3-5-17/h1-6,9,13,15,18H,7-8,10-12,14,16H2. The van der Waals surface area contributed by atoms with Gasteiger partial charge < -0.3 is 0 Å². The van der Waals surface area contributed by atoms with Crippen molar-refractivity contribution in [1.29, 1.82) is 0 Å². The fourth-order valence-electron chi connectivity index (χ4n) is 4.02. The molecule has 0 radical (unpaired) electrons. The number of likely N-dealkylation sites (tertiary alicyclic amines) is 1. The Kier molecular flexibility index (Phi) is 5.47. The van der Waals surface area contributed by atoms with E-state index in [0.29, 0.717) is 5.92 Å².